The van der Waals surface area contributed by atoms with Crippen molar-refractivity contribution in [3.8, 4) is 0 Å². The molecule has 0 aliphatic rings. The maximum atomic E-state index is 11.5. The average molecular weight is 316 g/mol. The maximum Gasteiger partial charge on any atom is 0.353 e. The van der Waals surface area contributed by atoms with Crippen molar-refractivity contribution in [1.82, 2.24) is 15.0 Å². The van der Waals surface area contributed by atoms with E-state index in [0.717, 1.165) is 18.4 Å². The number of nitro groups is 1. The third-order valence-electron chi connectivity index (χ3n) is 3.44. The first-order valence-electron chi connectivity index (χ1n) is 7.43. The Balaban J connectivity index is 2.40. The van der Waals surface area contributed by atoms with Crippen LogP contribution in [-0.2, 0) is 0 Å². The Labute approximate surface area is 134 Å². The fraction of sp³-hybridized carbons (Fsp3) is 0.400. The van der Waals surface area contributed by atoms with Gasteiger partial charge in [-0.2, -0.15) is 0 Å². The molecule has 2 aromatic rings. The molecule has 2 rings (SSSR count). The van der Waals surface area contributed by atoms with Crippen LogP contribution in [0, 0.1) is 17.0 Å². The minimum Gasteiger partial charge on any atom is -0.354 e. The molecule has 0 aromatic carbocycles. The summed E-state index contributed by atoms with van der Waals surface area (Å²) in [5.74, 6) is 0.983. The molecule has 0 aliphatic heterocycles. The van der Waals surface area contributed by atoms with Crippen LogP contribution >= 0.6 is 0 Å². The fourth-order valence-corrected chi connectivity index (χ4v) is 2.14. The Bertz CT molecular complexity index is 691. The van der Waals surface area contributed by atoms with Crippen molar-refractivity contribution in [1.29, 1.82) is 0 Å². The molecule has 23 heavy (non-hydrogen) atoms. The van der Waals surface area contributed by atoms with Crippen molar-refractivity contribution in [2.75, 3.05) is 23.8 Å². The highest BCUT2D eigenvalue weighted by molar-refractivity contribution is 5.74. The quantitative estimate of drug-likeness (QED) is 0.619. The molecular formula is C15H20N6O2. The topological polar surface area (TPSA) is 97.1 Å². The van der Waals surface area contributed by atoms with E-state index in [1.807, 2.05) is 13.0 Å². The van der Waals surface area contributed by atoms with Gasteiger partial charge >= 0.3 is 5.69 Å². The van der Waals surface area contributed by atoms with E-state index in [9.17, 15) is 10.1 Å². The largest absolute Gasteiger partial charge is 0.354 e. The molecule has 0 atom stereocenters. The van der Waals surface area contributed by atoms with Crippen LogP contribution in [0.3, 0.4) is 0 Å². The van der Waals surface area contributed by atoms with Crippen molar-refractivity contribution in [3.05, 3.63) is 40.3 Å². The summed E-state index contributed by atoms with van der Waals surface area (Å²) in [6, 6.07) is 3.68. The van der Waals surface area contributed by atoms with E-state index in [2.05, 4.69) is 27.2 Å². The summed E-state index contributed by atoms with van der Waals surface area (Å²) < 4.78 is 0. The lowest BCUT2D eigenvalue weighted by molar-refractivity contribution is -0.383. The van der Waals surface area contributed by atoms with Crippen molar-refractivity contribution in [2.45, 2.75) is 26.7 Å². The van der Waals surface area contributed by atoms with Gasteiger partial charge in [-0.3, -0.25) is 10.1 Å². The van der Waals surface area contributed by atoms with E-state index in [-0.39, 0.29) is 11.5 Å². The predicted molar refractivity (Wildman–Crippen MR) is 89.1 cm³/mol. The molecule has 8 heteroatoms. The highest BCUT2D eigenvalue weighted by Gasteiger charge is 2.25. The van der Waals surface area contributed by atoms with Crippen LogP contribution in [0.2, 0.25) is 0 Å². The molecule has 0 saturated carbocycles. The number of hydrogen-bond donors (Lipinski definition) is 1. The lowest BCUT2D eigenvalue weighted by atomic mass is 10.3. The number of aromatic nitrogens is 3. The van der Waals surface area contributed by atoms with Crippen LogP contribution in [0.1, 0.15) is 25.3 Å². The van der Waals surface area contributed by atoms with E-state index >= 15 is 0 Å². The van der Waals surface area contributed by atoms with Crippen molar-refractivity contribution >= 4 is 23.1 Å². The summed E-state index contributed by atoms with van der Waals surface area (Å²) in [6.07, 6.45) is 4.88. The number of aryl methyl sites for hydroxylation is 1. The van der Waals surface area contributed by atoms with Crippen molar-refractivity contribution < 1.29 is 4.92 Å². The first-order chi connectivity index (χ1) is 11.0. The van der Waals surface area contributed by atoms with E-state index in [4.69, 9.17) is 0 Å². The van der Waals surface area contributed by atoms with E-state index in [1.54, 1.807) is 24.2 Å². The van der Waals surface area contributed by atoms with Crippen LogP contribution in [0.5, 0.6) is 0 Å². The Hall–Kier alpha value is -2.77. The number of pyridine rings is 1. The molecule has 0 amide bonds. The molecule has 0 bridgehead atoms. The summed E-state index contributed by atoms with van der Waals surface area (Å²) in [5.41, 5.74) is 0.734. The van der Waals surface area contributed by atoms with Gasteiger partial charge < -0.3 is 10.2 Å². The number of nitrogens with zero attached hydrogens (tertiary/aromatic N) is 5. The zero-order valence-corrected chi connectivity index (χ0v) is 13.5. The molecule has 0 saturated heterocycles. The van der Waals surface area contributed by atoms with Gasteiger partial charge in [-0.25, -0.2) is 15.0 Å². The van der Waals surface area contributed by atoms with Gasteiger partial charge in [0.05, 0.1) is 4.92 Å². The maximum absolute atomic E-state index is 11.5. The third kappa shape index (κ3) is 3.91. The van der Waals surface area contributed by atoms with Gasteiger partial charge in [-0.05, 0) is 25.0 Å². The zero-order chi connectivity index (χ0) is 16.8. The van der Waals surface area contributed by atoms with Gasteiger partial charge in [0, 0.05) is 19.8 Å². The molecule has 2 heterocycles. The summed E-state index contributed by atoms with van der Waals surface area (Å²) in [6.45, 7) is 4.63. The van der Waals surface area contributed by atoms with Gasteiger partial charge in [-0.1, -0.05) is 19.4 Å². The second-order valence-electron chi connectivity index (χ2n) is 5.22. The van der Waals surface area contributed by atoms with Crippen LogP contribution in [0.25, 0.3) is 0 Å². The number of nitrogens with one attached hydrogen (secondary N) is 1. The van der Waals surface area contributed by atoms with E-state index in [0.29, 0.717) is 18.2 Å². The van der Waals surface area contributed by atoms with Gasteiger partial charge in [0.25, 0.3) is 0 Å². The molecule has 1 N–H and O–H groups in total. The van der Waals surface area contributed by atoms with Gasteiger partial charge in [0.1, 0.15) is 12.1 Å². The van der Waals surface area contributed by atoms with Crippen LogP contribution in [0.15, 0.2) is 24.7 Å². The molecule has 122 valence electrons. The molecule has 0 fully saturated rings. The Kier molecular flexibility index (Phi) is 5.40. The monoisotopic (exact) mass is 316 g/mol. The summed E-state index contributed by atoms with van der Waals surface area (Å²) in [7, 11) is 1.79. The molecule has 0 unspecified atom stereocenters. The minimum absolute atomic E-state index is 0.142. The van der Waals surface area contributed by atoms with Gasteiger partial charge in [0.2, 0.25) is 11.6 Å². The lowest BCUT2D eigenvalue weighted by Crippen LogP contribution is -2.21. The molecule has 0 aliphatic carbocycles. The molecule has 2 aromatic heterocycles. The van der Waals surface area contributed by atoms with Gasteiger partial charge in [0.15, 0.2) is 0 Å². The zero-order valence-electron chi connectivity index (χ0n) is 13.5. The number of unbranched alkanes of at least 4 members (excludes halogenated alkanes) is 1. The molecule has 0 radical (unpaired) electrons. The number of rotatable bonds is 7. The smallest absolute Gasteiger partial charge is 0.353 e. The Morgan fingerprint density at radius 1 is 1.30 bits per heavy atom. The van der Waals surface area contributed by atoms with E-state index in [1.165, 1.54) is 6.33 Å². The highest BCUT2D eigenvalue weighted by atomic mass is 16.6. The fourth-order valence-electron chi connectivity index (χ4n) is 2.14. The van der Waals surface area contributed by atoms with Gasteiger partial charge in [-0.15, -0.1) is 0 Å². The number of anilines is 3. The third-order valence-corrected chi connectivity index (χ3v) is 3.44. The minimum atomic E-state index is -0.460. The Morgan fingerprint density at radius 2 is 2.09 bits per heavy atom. The lowest BCUT2D eigenvalue weighted by Gasteiger charge is -2.18. The Morgan fingerprint density at radius 3 is 2.74 bits per heavy atom. The summed E-state index contributed by atoms with van der Waals surface area (Å²) >= 11 is 0. The standard InChI is InChI=1S/C15H20N6O2/c1-4-5-9-20(3)15-12(21(22)23)14(17-10-18-15)19-13-11(2)7-6-8-16-13/h6-8,10H,4-5,9H2,1-3H3,(H,16,17,18,19). The predicted octanol–water partition coefficient (Wildman–Crippen LogP) is 3.07. The van der Waals surface area contributed by atoms with Crippen LogP contribution in [0.4, 0.5) is 23.1 Å². The van der Waals surface area contributed by atoms with Crippen molar-refractivity contribution in [3.63, 3.8) is 0 Å². The normalized spacial score (nSPS) is 10.4. The first kappa shape index (κ1) is 16.6. The average Bonchev–Trinajstić information content (AvgIpc) is 2.54. The summed E-state index contributed by atoms with van der Waals surface area (Å²) in [5, 5.41) is 14.5. The van der Waals surface area contributed by atoms with E-state index < -0.39 is 4.92 Å². The summed E-state index contributed by atoms with van der Waals surface area (Å²) in [4.78, 5) is 25.2. The number of hydrogen-bond acceptors (Lipinski definition) is 7. The molecule has 8 nitrogen and oxygen atoms in total. The SMILES string of the molecule is CCCCN(C)c1ncnc(Nc2ncccc2C)c1[N+](=O)[O-]. The van der Waals surface area contributed by atoms with Crippen LogP contribution in [-0.4, -0.2) is 33.5 Å². The van der Waals surface area contributed by atoms with Crippen molar-refractivity contribution in [2.24, 2.45) is 0 Å². The van der Waals surface area contributed by atoms with Crippen LogP contribution < -0.4 is 10.2 Å². The molecule has 0 spiro atoms. The molecular weight excluding hydrogens is 296 g/mol. The second-order valence-corrected chi connectivity index (χ2v) is 5.22. The second kappa shape index (κ2) is 7.48. The first-order valence-corrected chi connectivity index (χ1v) is 7.43. The highest BCUT2D eigenvalue weighted by Crippen LogP contribution is 2.33.